The first-order valence-electron chi connectivity index (χ1n) is 6.77. The molecule has 0 aliphatic rings. The normalized spacial score (nSPS) is 11.3. The highest BCUT2D eigenvalue weighted by Gasteiger charge is 2.10. The summed E-state index contributed by atoms with van der Waals surface area (Å²) in [4.78, 5) is 4.62. The van der Waals surface area contributed by atoms with E-state index in [0.717, 1.165) is 17.8 Å². The summed E-state index contributed by atoms with van der Waals surface area (Å²) in [6, 6.07) is 10.6. The summed E-state index contributed by atoms with van der Waals surface area (Å²) >= 11 is 0. The molecule has 112 valence electrons. The molecule has 1 aromatic carbocycles. The molecule has 2 aromatic rings. The van der Waals surface area contributed by atoms with E-state index in [1.807, 2.05) is 6.07 Å². The molecule has 6 heteroatoms. The minimum atomic E-state index is -3.38. The lowest BCUT2D eigenvalue weighted by Gasteiger charge is -2.10. The van der Waals surface area contributed by atoms with Crippen LogP contribution in [0.3, 0.4) is 0 Å². The number of aryl methyl sites for hydroxylation is 1. The van der Waals surface area contributed by atoms with Gasteiger partial charge in [-0.15, -0.1) is 0 Å². The van der Waals surface area contributed by atoms with Crippen LogP contribution >= 0.6 is 0 Å². The van der Waals surface area contributed by atoms with E-state index in [0.29, 0.717) is 6.54 Å². The van der Waals surface area contributed by atoms with Crippen molar-refractivity contribution in [3.63, 3.8) is 0 Å². The Kier molecular flexibility index (Phi) is 4.93. The fourth-order valence-electron chi connectivity index (χ4n) is 2.01. The quantitative estimate of drug-likeness (QED) is 0.858. The summed E-state index contributed by atoms with van der Waals surface area (Å²) < 4.78 is 25.6. The minimum Gasteiger partial charge on any atom is -0.379 e. The number of hydrogen-bond acceptors (Lipinski definition) is 4. The van der Waals surface area contributed by atoms with Crippen LogP contribution in [0.1, 0.15) is 18.2 Å². The van der Waals surface area contributed by atoms with Gasteiger partial charge in [-0.25, -0.2) is 13.1 Å². The second-order valence-corrected chi connectivity index (χ2v) is 6.43. The van der Waals surface area contributed by atoms with E-state index in [1.165, 1.54) is 12.6 Å². The number of aromatic nitrogens is 1. The maximum atomic E-state index is 11.6. The molecular formula is C15H19N3O2S. The molecule has 5 nitrogen and oxygen atoms in total. The Morgan fingerprint density at radius 2 is 1.86 bits per heavy atom. The third-order valence-corrected chi connectivity index (χ3v) is 4.69. The molecule has 0 unspecified atom stereocenters. The van der Waals surface area contributed by atoms with Crippen molar-refractivity contribution in [3.05, 3.63) is 53.9 Å². The highest BCUT2D eigenvalue weighted by molar-refractivity contribution is 7.89. The van der Waals surface area contributed by atoms with Gasteiger partial charge in [0, 0.05) is 11.9 Å². The standard InChI is InChI=1S/C15H19N3O2S/c1-3-12-5-4-10-17-15(12)11-18-13-6-8-14(9-7-13)21(19,20)16-2/h4-10,16,18H,3,11H2,1-2H3. The van der Waals surface area contributed by atoms with Crippen LogP contribution in [0.15, 0.2) is 47.5 Å². The largest absolute Gasteiger partial charge is 0.379 e. The number of hydrogen-bond donors (Lipinski definition) is 2. The van der Waals surface area contributed by atoms with Crippen LogP contribution in [0.25, 0.3) is 0 Å². The summed E-state index contributed by atoms with van der Waals surface area (Å²) in [5, 5.41) is 3.25. The van der Waals surface area contributed by atoms with Gasteiger partial charge in [0.05, 0.1) is 17.1 Å². The summed E-state index contributed by atoms with van der Waals surface area (Å²) in [7, 11) is -1.99. The molecule has 0 spiro atoms. The van der Waals surface area contributed by atoms with Crippen molar-refractivity contribution < 1.29 is 8.42 Å². The molecule has 21 heavy (non-hydrogen) atoms. The number of nitrogens with one attached hydrogen (secondary N) is 2. The van der Waals surface area contributed by atoms with E-state index in [-0.39, 0.29) is 4.90 Å². The zero-order valence-electron chi connectivity index (χ0n) is 12.1. The van der Waals surface area contributed by atoms with E-state index in [2.05, 4.69) is 28.0 Å². The molecule has 1 aromatic heterocycles. The summed E-state index contributed by atoms with van der Waals surface area (Å²) in [6.45, 7) is 2.71. The number of sulfonamides is 1. The smallest absolute Gasteiger partial charge is 0.240 e. The molecule has 0 saturated carbocycles. The third-order valence-electron chi connectivity index (χ3n) is 3.26. The second-order valence-electron chi connectivity index (χ2n) is 4.55. The van der Waals surface area contributed by atoms with Gasteiger partial charge in [0.15, 0.2) is 0 Å². The topological polar surface area (TPSA) is 71.1 Å². The Balaban J connectivity index is 2.08. The molecular weight excluding hydrogens is 286 g/mol. The SMILES string of the molecule is CCc1cccnc1CNc1ccc(S(=O)(=O)NC)cc1. The average molecular weight is 305 g/mol. The fourth-order valence-corrected chi connectivity index (χ4v) is 2.74. The Labute approximate surface area is 125 Å². The van der Waals surface area contributed by atoms with Crippen molar-refractivity contribution in [2.45, 2.75) is 24.8 Å². The molecule has 0 fully saturated rings. The van der Waals surface area contributed by atoms with E-state index >= 15 is 0 Å². The first kappa shape index (κ1) is 15.5. The van der Waals surface area contributed by atoms with Crippen LogP contribution < -0.4 is 10.0 Å². The molecule has 2 N–H and O–H groups in total. The van der Waals surface area contributed by atoms with Gasteiger partial charge in [-0.05, 0) is 49.4 Å². The first-order valence-corrected chi connectivity index (χ1v) is 8.25. The summed E-state index contributed by atoms with van der Waals surface area (Å²) in [5.74, 6) is 0. The van der Waals surface area contributed by atoms with Crippen molar-refractivity contribution in [1.82, 2.24) is 9.71 Å². The van der Waals surface area contributed by atoms with Gasteiger partial charge in [-0.3, -0.25) is 4.98 Å². The van der Waals surface area contributed by atoms with E-state index in [1.54, 1.807) is 30.5 Å². The Hall–Kier alpha value is -1.92. The van der Waals surface area contributed by atoms with Crippen molar-refractivity contribution >= 4 is 15.7 Å². The number of pyridine rings is 1. The van der Waals surface area contributed by atoms with Crippen LogP contribution in [-0.2, 0) is 23.0 Å². The van der Waals surface area contributed by atoms with Crippen molar-refractivity contribution in [3.8, 4) is 0 Å². The molecule has 0 radical (unpaired) electrons. The first-order chi connectivity index (χ1) is 10.1. The zero-order valence-corrected chi connectivity index (χ0v) is 12.9. The van der Waals surface area contributed by atoms with Crippen molar-refractivity contribution in [1.29, 1.82) is 0 Å². The van der Waals surface area contributed by atoms with Gasteiger partial charge in [0.2, 0.25) is 10.0 Å². The summed E-state index contributed by atoms with van der Waals surface area (Å²) in [6.07, 6.45) is 2.71. The maximum Gasteiger partial charge on any atom is 0.240 e. The van der Waals surface area contributed by atoms with Gasteiger partial charge in [-0.2, -0.15) is 0 Å². The van der Waals surface area contributed by atoms with E-state index < -0.39 is 10.0 Å². The minimum absolute atomic E-state index is 0.252. The Morgan fingerprint density at radius 1 is 1.14 bits per heavy atom. The second kappa shape index (κ2) is 6.69. The van der Waals surface area contributed by atoms with Crippen LogP contribution in [0, 0.1) is 0 Å². The highest BCUT2D eigenvalue weighted by Crippen LogP contribution is 2.15. The Bertz CT molecular complexity index is 697. The van der Waals surface area contributed by atoms with Crippen LogP contribution in [0.2, 0.25) is 0 Å². The predicted octanol–water partition coefficient (Wildman–Crippen LogP) is 2.16. The molecule has 0 saturated heterocycles. The third kappa shape index (κ3) is 3.80. The highest BCUT2D eigenvalue weighted by atomic mass is 32.2. The number of nitrogens with zero attached hydrogens (tertiary/aromatic N) is 1. The number of anilines is 1. The fraction of sp³-hybridized carbons (Fsp3) is 0.267. The van der Waals surface area contributed by atoms with Crippen molar-refractivity contribution in [2.75, 3.05) is 12.4 Å². The molecule has 1 heterocycles. The lowest BCUT2D eigenvalue weighted by molar-refractivity contribution is 0.588. The van der Waals surface area contributed by atoms with Gasteiger partial charge in [0.1, 0.15) is 0 Å². The van der Waals surface area contributed by atoms with E-state index in [4.69, 9.17) is 0 Å². The lowest BCUT2D eigenvalue weighted by Crippen LogP contribution is -2.18. The van der Waals surface area contributed by atoms with Crippen LogP contribution in [-0.4, -0.2) is 20.4 Å². The average Bonchev–Trinajstić information content (AvgIpc) is 2.53. The predicted molar refractivity (Wildman–Crippen MR) is 83.6 cm³/mol. The van der Waals surface area contributed by atoms with Gasteiger partial charge >= 0.3 is 0 Å². The number of benzene rings is 1. The molecule has 0 aliphatic heterocycles. The monoisotopic (exact) mass is 305 g/mol. The van der Waals surface area contributed by atoms with Crippen molar-refractivity contribution in [2.24, 2.45) is 0 Å². The van der Waals surface area contributed by atoms with Gasteiger partial charge in [0.25, 0.3) is 0 Å². The van der Waals surface area contributed by atoms with Gasteiger partial charge in [-0.1, -0.05) is 13.0 Å². The molecule has 0 amide bonds. The maximum absolute atomic E-state index is 11.6. The van der Waals surface area contributed by atoms with Crippen LogP contribution in [0.5, 0.6) is 0 Å². The molecule has 0 bridgehead atoms. The molecule has 0 aliphatic carbocycles. The molecule has 2 rings (SSSR count). The van der Waals surface area contributed by atoms with Gasteiger partial charge < -0.3 is 5.32 Å². The zero-order chi connectivity index (χ0) is 15.3. The number of rotatable bonds is 6. The summed E-state index contributed by atoms with van der Waals surface area (Å²) in [5.41, 5.74) is 3.07. The van der Waals surface area contributed by atoms with E-state index in [9.17, 15) is 8.42 Å². The molecule has 0 atom stereocenters. The Morgan fingerprint density at radius 3 is 2.48 bits per heavy atom. The lowest BCUT2D eigenvalue weighted by atomic mass is 10.1. The van der Waals surface area contributed by atoms with Crippen LogP contribution in [0.4, 0.5) is 5.69 Å².